The molecule has 0 heterocycles. The standard InChI is InChI=1S/CH2F3O2PS/c2-1(3,4)7(5,6)8/h(H2,5,6,8). The van der Waals surface area contributed by atoms with E-state index in [0.717, 1.165) is 0 Å². The van der Waals surface area contributed by atoms with Crippen LogP contribution in [0, 0.1) is 0 Å². The Morgan fingerprint density at radius 2 is 1.38 bits per heavy atom. The second-order valence-electron chi connectivity index (χ2n) is 1.01. The normalized spacial score (nSPS) is 14.1. The van der Waals surface area contributed by atoms with Crippen LogP contribution in [0.15, 0.2) is 0 Å². The van der Waals surface area contributed by atoms with E-state index in [1.165, 1.54) is 0 Å². The molecule has 0 aromatic heterocycles. The molecule has 0 atom stereocenters. The van der Waals surface area contributed by atoms with Gasteiger partial charge >= 0.3 is 5.92 Å². The van der Waals surface area contributed by atoms with Crippen molar-refractivity contribution in [3.05, 3.63) is 0 Å². The van der Waals surface area contributed by atoms with Crippen LogP contribution in [0.5, 0.6) is 0 Å². The van der Waals surface area contributed by atoms with Gasteiger partial charge in [0.25, 0.3) is 6.49 Å². The number of rotatable bonds is 0. The Kier molecular flexibility index (Phi) is 2.04. The quantitative estimate of drug-likeness (QED) is 0.523. The Morgan fingerprint density at radius 1 is 1.25 bits per heavy atom. The first kappa shape index (κ1) is 8.36. The summed E-state index contributed by atoms with van der Waals surface area (Å²) in [4.78, 5) is 15.4. The molecule has 2 nitrogen and oxygen atoms in total. The van der Waals surface area contributed by atoms with Crippen LogP contribution in [-0.4, -0.2) is 15.7 Å². The summed E-state index contributed by atoms with van der Waals surface area (Å²) in [5, 5.41) is 0. The van der Waals surface area contributed by atoms with Crippen LogP contribution < -0.4 is 0 Å². The predicted octanol–water partition coefficient (Wildman–Crippen LogP) is 0.800. The highest BCUT2D eigenvalue weighted by Crippen LogP contribution is 2.53. The fourth-order valence-electron chi connectivity index (χ4n) is 0. The summed E-state index contributed by atoms with van der Waals surface area (Å²) in [6.45, 7) is -5.02. The maximum Gasteiger partial charge on any atom is 0.464 e. The summed E-state index contributed by atoms with van der Waals surface area (Å²) < 4.78 is 33.0. The van der Waals surface area contributed by atoms with E-state index in [1.54, 1.807) is 0 Å². The van der Waals surface area contributed by atoms with E-state index in [0.29, 0.717) is 0 Å². The highest BCUT2D eigenvalue weighted by molar-refractivity contribution is 8.09. The molecule has 0 amide bonds. The second kappa shape index (κ2) is 1.95. The molecule has 0 spiro atoms. The minimum absolute atomic E-state index is 3.32. The summed E-state index contributed by atoms with van der Waals surface area (Å²) in [6.07, 6.45) is 0. The van der Waals surface area contributed by atoms with Crippen molar-refractivity contribution in [2.75, 3.05) is 0 Å². The highest BCUT2D eigenvalue weighted by Gasteiger charge is 2.44. The van der Waals surface area contributed by atoms with Crippen molar-refractivity contribution in [3.63, 3.8) is 0 Å². The van der Waals surface area contributed by atoms with Crippen LogP contribution in [0.25, 0.3) is 0 Å². The van der Waals surface area contributed by atoms with Gasteiger partial charge in [0.1, 0.15) is 0 Å². The molecule has 8 heavy (non-hydrogen) atoms. The molecule has 0 aliphatic heterocycles. The molecular weight excluding hydrogens is 164 g/mol. The van der Waals surface area contributed by atoms with Crippen molar-refractivity contribution in [1.29, 1.82) is 0 Å². The maximum atomic E-state index is 11.0. The average Bonchev–Trinajstić information content (AvgIpc) is 1.25. The molecule has 0 radical (unpaired) electrons. The second-order valence-corrected chi connectivity index (χ2v) is 4.13. The number of hydrogen-bond donors (Lipinski definition) is 2. The van der Waals surface area contributed by atoms with Crippen LogP contribution in [0.2, 0.25) is 0 Å². The zero-order chi connectivity index (χ0) is 7.00. The molecular formula is CH2F3O2PS. The van der Waals surface area contributed by atoms with Gasteiger partial charge in [0.2, 0.25) is 0 Å². The van der Waals surface area contributed by atoms with Gasteiger partial charge in [0.05, 0.1) is 0 Å². The van der Waals surface area contributed by atoms with E-state index in [-0.39, 0.29) is 0 Å². The molecule has 50 valence electrons. The molecule has 0 fully saturated rings. The fraction of sp³-hybridized carbons (Fsp3) is 1.00. The Balaban J connectivity index is 4.26. The van der Waals surface area contributed by atoms with Gasteiger partial charge in [-0.2, -0.15) is 13.2 Å². The van der Waals surface area contributed by atoms with E-state index >= 15 is 0 Å². The first-order valence-electron chi connectivity index (χ1n) is 1.37. The zero-order valence-corrected chi connectivity index (χ0v) is 5.09. The van der Waals surface area contributed by atoms with Crippen molar-refractivity contribution in [3.8, 4) is 0 Å². The predicted molar refractivity (Wildman–Crippen MR) is 24.8 cm³/mol. The van der Waals surface area contributed by atoms with Crippen molar-refractivity contribution < 1.29 is 23.0 Å². The molecule has 0 saturated heterocycles. The van der Waals surface area contributed by atoms with Gasteiger partial charge in [-0.1, -0.05) is 0 Å². The molecule has 0 aliphatic rings. The van der Waals surface area contributed by atoms with Crippen molar-refractivity contribution in [2.45, 2.75) is 5.92 Å². The van der Waals surface area contributed by atoms with Crippen LogP contribution in [0.1, 0.15) is 0 Å². The van der Waals surface area contributed by atoms with Crippen molar-refractivity contribution >= 4 is 18.3 Å². The number of alkyl halides is 3. The van der Waals surface area contributed by atoms with E-state index in [2.05, 4.69) is 11.8 Å². The minimum Gasteiger partial charge on any atom is -0.339 e. The van der Waals surface area contributed by atoms with Crippen LogP contribution in [0.4, 0.5) is 13.2 Å². The third kappa shape index (κ3) is 2.09. The fourth-order valence-corrected chi connectivity index (χ4v) is 0. The van der Waals surface area contributed by atoms with Gasteiger partial charge < -0.3 is 9.79 Å². The minimum atomic E-state index is -5.03. The van der Waals surface area contributed by atoms with Gasteiger partial charge in [-0.25, -0.2) is 0 Å². The summed E-state index contributed by atoms with van der Waals surface area (Å²) in [5.41, 5.74) is 0. The lowest BCUT2D eigenvalue weighted by molar-refractivity contribution is -0.0566. The van der Waals surface area contributed by atoms with Crippen LogP contribution in [0.3, 0.4) is 0 Å². The number of hydrogen-bond acceptors (Lipinski definition) is 1. The highest BCUT2D eigenvalue weighted by atomic mass is 32.5. The largest absolute Gasteiger partial charge is 0.464 e. The van der Waals surface area contributed by atoms with Crippen molar-refractivity contribution in [2.24, 2.45) is 0 Å². The molecule has 0 saturated carbocycles. The summed E-state index contributed by atoms with van der Waals surface area (Å²) in [7, 11) is 0. The van der Waals surface area contributed by atoms with E-state index in [1.807, 2.05) is 0 Å². The zero-order valence-electron chi connectivity index (χ0n) is 3.38. The third-order valence-corrected chi connectivity index (χ3v) is 1.61. The lowest BCUT2D eigenvalue weighted by Crippen LogP contribution is -2.06. The van der Waals surface area contributed by atoms with Crippen LogP contribution >= 0.6 is 6.49 Å². The molecule has 2 N–H and O–H groups in total. The Hall–Kier alpha value is 0.360. The Morgan fingerprint density at radius 3 is 1.38 bits per heavy atom. The molecule has 0 unspecified atom stereocenters. The third-order valence-electron chi connectivity index (χ3n) is 0.330. The topological polar surface area (TPSA) is 40.5 Å². The monoisotopic (exact) mass is 166 g/mol. The summed E-state index contributed by atoms with van der Waals surface area (Å²) >= 11 is 3.32. The van der Waals surface area contributed by atoms with Crippen LogP contribution in [-0.2, 0) is 11.8 Å². The van der Waals surface area contributed by atoms with Gasteiger partial charge in [0, 0.05) is 0 Å². The molecule has 0 aliphatic carbocycles. The lowest BCUT2D eigenvalue weighted by atomic mass is 11.6. The molecule has 0 aromatic rings. The SMILES string of the molecule is OP(O)(=S)C(F)(F)F. The first-order chi connectivity index (χ1) is 3.25. The Bertz CT molecular complexity index is 124. The molecule has 0 bridgehead atoms. The molecule has 7 heteroatoms. The summed E-state index contributed by atoms with van der Waals surface area (Å²) in [6, 6.07) is 0. The molecule has 0 aromatic carbocycles. The molecule has 0 rings (SSSR count). The van der Waals surface area contributed by atoms with Gasteiger partial charge in [-0.05, 0) is 11.8 Å². The number of halogens is 3. The van der Waals surface area contributed by atoms with E-state index < -0.39 is 12.4 Å². The Labute approximate surface area is 48.1 Å². The van der Waals surface area contributed by atoms with Crippen molar-refractivity contribution in [1.82, 2.24) is 0 Å². The maximum absolute atomic E-state index is 11.0. The van der Waals surface area contributed by atoms with Gasteiger partial charge in [-0.15, -0.1) is 0 Å². The smallest absolute Gasteiger partial charge is 0.339 e. The van der Waals surface area contributed by atoms with Gasteiger partial charge in [-0.3, -0.25) is 0 Å². The average molecular weight is 166 g/mol. The van der Waals surface area contributed by atoms with E-state index in [9.17, 15) is 13.2 Å². The lowest BCUT2D eigenvalue weighted by Gasteiger charge is -2.09. The summed E-state index contributed by atoms with van der Waals surface area (Å²) in [5.74, 6) is -5.03. The first-order valence-corrected chi connectivity index (χ1v) is 4.08. The van der Waals surface area contributed by atoms with Gasteiger partial charge in [0.15, 0.2) is 0 Å². The van der Waals surface area contributed by atoms with E-state index in [4.69, 9.17) is 9.79 Å².